The molecule has 0 spiro atoms. The number of hydrogen-bond acceptors (Lipinski definition) is 6. The second-order valence-corrected chi connectivity index (χ2v) is 10.7. The highest BCUT2D eigenvalue weighted by molar-refractivity contribution is 8.00. The lowest BCUT2D eigenvalue weighted by atomic mass is 10.2. The van der Waals surface area contributed by atoms with Crippen LogP contribution in [-0.2, 0) is 14.8 Å². The molecule has 1 aliphatic rings. The molecule has 1 amide bonds. The number of aryl methyl sites for hydroxylation is 1. The minimum absolute atomic E-state index is 0.105. The van der Waals surface area contributed by atoms with E-state index >= 15 is 0 Å². The van der Waals surface area contributed by atoms with Crippen molar-refractivity contribution in [3.05, 3.63) is 90.0 Å². The summed E-state index contributed by atoms with van der Waals surface area (Å²) in [6.45, 7) is 1.49. The zero-order valence-electron chi connectivity index (χ0n) is 18.6. The molecule has 1 saturated heterocycles. The Labute approximate surface area is 203 Å². The van der Waals surface area contributed by atoms with Crippen molar-refractivity contribution >= 4 is 39.6 Å². The maximum atomic E-state index is 13.3. The molecule has 0 bridgehead atoms. The molecule has 34 heavy (non-hydrogen) atoms. The number of hydrazone groups is 1. The van der Waals surface area contributed by atoms with E-state index in [4.69, 9.17) is 4.74 Å². The first-order valence-corrected chi connectivity index (χ1v) is 13.3. The van der Waals surface area contributed by atoms with Gasteiger partial charge in [-0.1, -0.05) is 48.0 Å². The number of amides is 1. The van der Waals surface area contributed by atoms with Gasteiger partial charge >= 0.3 is 0 Å². The Kier molecular flexibility index (Phi) is 7.54. The fourth-order valence-corrected chi connectivity index (χ4v) is 5.24. The molecule has 176 valence electrons. The lowest BCUT2D eigenvalue weighted by Gasteiger charge is -2.25. The predicted molar refractivity (Wildman–Crippen MR) is 136 cm³/mol. The van der Waals surface area contributed by atoms with Gasteiger partial charge in [0.05, 0.1) is 16.8 Å². The van der Waals surface area contributed by atoms with Gasteiger partial charge in [-0.2, -0.15) is 16.9 Å². The monoisotopic (exact) mass is 495 g/mol. The van der Waals surface area contributed by atoms with E-state index < -0.39 is 22.5 Å². The second kappa shape index (κ2) is 10.8. The number of nitrogens with one attached hydrogen (secondary N) is 1. The summed E-state index contributed by atoms with van der Waals surface area (Å²) < 4.78 is 33.5. The molecule has 1 fully saturated rings. The number of hydrogen-bond donors (Lipinski definition) is 1. The number of benzene rings is 3. The highest BCUT2D eigenvalue weighted by Crippen LogP contribution is 2.25. The summed E-state index contributed by atoms with van der Waals surface area (Å²) >= 11 is 1.84. The Morgan fingerprint density at radius 3 is 2.50 bits per heavy atom. The fourth-order valence-electron chi connectivity index (χ4n) is 3.23. The smallest absolute Gasteiger partial charge is 0.264 e. The molecule has 0 saturated carbocycles. The van der Waals surface area contributed by atoms with Gasteiger partial charge < -0.3 is 4.74 Å². The Morgan fingerprint density at radius 2 is 1.82 bits per heavy atom. The summed E-state index contributed by atoms with van der Waals surface area (Å²) in [7, 11) is -3.95. The van der Waals surface area contributed by atoms with Crippen molar-refractivity contribution < 1.29 is 17.9 Å². The number of carbonyl (C=O) groups is 1. The first kappa shape index (κ1) is 23.8. The number of anilines is 1. The summed E-state index contributed by atoms with van der Waals surface area (Å²) in [6.07, 6.45) is 1.73. The first-order valence-electron chi connectivity index (χ1n) is 10.7. The third-order valence-electron chi connectivity index (χ3n) is 5.11. The van der Waals surface area contributed by atoms with Crippen molar-refractivity contribution in [3.63, 3.8) is 0 Å². The van der Waals surface area contributed by atoms with Gasteiger partial charge in [0.25, 0.3) is 15.9 Å². The maximum absolute atomic E-state index is 13.3. The molecular formula is C25H25N3O4S2. The van der Waals surface area contributed by atoms with Crippen LogP contribution in [0.25, 0.3) is 0 Å². The summed E-state index contributed by atoms with van der Waals surface area (Å²) in [4.78, 5) is 12.8. The molecule has 0 aromatic heterocycles. The van der Waals surface area contributed by atoms with Gasteiger partial charge in [0.2, 0.25) is 0 Å². The third kappa shape index (κ3) is 5.98. The summed E-state index contributed by atoms with van der Waals surface area (Å²) in [5.41, 5.74) is 4.57. The number of carbonyl (C=O) groups excluding carboxylic acids is 1. The van der Waals surface area contributed by atoms with Crippen molar-refractivity contribution in [1.82, 2.24) is 5.43 Å². The SMILES string of the molecule is Cc1ccc(N(CC(=O)N/N=C/c2cccc(OC3CSC3)c2)S(=O)(=O)c2ccccc2)cc1. The predicted octanol–water partition coefficient (Wildman–Crippen LogP) is 3.83. The minimum Gasteiger partial charge on any atom is -0.489 e. The van der Waals surface area contributed by atoms with E-state index in [2.05, 4.69) is 10.5 Å². The molecule has 3 aromatic rings. The molecular weight excluding hydrogens is 470 g/mol. The minimum atomic E-state index is -3.95. The van der Waals surface area contributed by atoms with Crippen LogP contribution in [0.5, 0.6) is 5.75 Å². The highest BCUT2D eigenvalue weighted by atomic mass is 32.2. The zero-order valence-corrected chi connectivity index (χ0v) is 20.3. The molecule has 0 unspecified atom stereocenters. The molecule has 0 atom stereocenters. The lowest BCUT2D eigenvalue weighted by Crippen LogP contribution is -2.39. The topological polar surface area (TPSA) is 88.1 Å². The maximum Gasteiger partial charge on any atom is 0.264 e. The van der Waals surface area contributed by atoms with E-state index in [9.17, 15) is 13.2 Å². The van der Waals surface area contributed by atoms with Crippen LogP contribution in [0.2, 0.25) is 0 Å². The molecule has 4 rings (SSSR count). The van der Waals surface area contributed by atoms with Crippen molar-refractivity contribution in [2.24, 2.45) is 5.10 Å². The average molecular weight is 496 g/mol. The van der Waals surface area contributed by atoms with Crippen molar-refractivity contribution in [3.8, 4) is 5.75 Å². The second-order valence-electron chi connectivity index (χ2n) is 7.80. The highest BCUT2D eigenvalue weighted by Gasteiger charge is 2.27. The Hall–Kier alpha value is -3.30. The van der Waals surface area contributed by atoms with E-state index in [0.29, 0.717) is 5.69 Å². The lowest BCUT2D eigenvalue weighted by molar-refractivity contribution is -0.119. The summed E-state index contributed by atoms with van der Waals surface area (Å²) in [5.74, 6) is 2.16. The number of rotatable bonds is 9. The van der Waals surface area contributed by atoms with Gasteiger partial charge in [-0.05, 0) is 48.9 Å². The Morgan fingerprint density at radius 1 is 1.09 bits per heavy atom. The molecule has 9 heteroatoms. The Bertz CT molecular complexity index is 1260. The molecule has 1 heterocycles. The largest absolute Gasteiger partial charge is 0.489 e. The van der Waals surface area contributed by atoms with Gasteiger partial charge in [0.15, 0.2) is 0 Å². The normalized spacial score (nSPS) is 13.9. The van der Waals surface area contributed by atoms with E-state index in [1.807, 2.05) is 43.0 Å². The summed E-state index contributed by atoms with van der Waals surface area (Å²) in [5, 5.41) is 4.01. The molecule has 0 radical (unpaired) electrons. The summed E-state index contributed by atoms with van der Waals surface area (Å²) in [6, 6.07) is 22.4. The van der Waals surface area contributed by atoms with E-state index in [1.54, 1.807) is 42.5 Å². The first-order chi connectivity index (χ1) is 16.4. The number of sulfonamides is 1. The fraction of sp³-hybridized carbons (Fsp3) is 0.200. The van der Waals surface area contributed by atoms with Crippen LogP contribution < -0.4 is 14.5 Å². The van der Waals surface area contributed by atoms with Gasteiger partial charge in [-0.3, -0.25) is 9.10 Å². The average Bonchev–Trinajstić information content (AvgIpc) is 2.81. The van der Waals surface area contributed by atoms with Crippen molar-refractivity contribution in [2.45, 2.75) is 17.9 Å². The van der Waals surface area contributed by atoms with Gasteiger partial charge in [-0.15, -0.1) is 0 Å². The molecule has 3 aromatic carbocycles. The molecule has 1 N–H and O–H groups in total. The van der Waals surface area contributed by atoms with E-state index in [-0.39, 0.29) is 11.0 Å². The van der Waals surface area contributed by atoms with Gasteiger partial charge in [-0.25, -0.2) is 13.8 Å². The van der Waals surface area contributed by atoms with Crippen LogP contribution >= 0.6 is 11.8 Å². The standard InChI is InChI=1S/C25H25N3O4S2/c1-19-10-12-21(13-11-19)28(34(30,31)24-8-3-2-4-9-24)16-25(29)27-26-15-20-6-5-7-22(14-20)32-23-17-33-18-23/h2-15,23H,16-18H2,1H3,(H,27,29)/b26-15+. The quantitative estimate of drug-likeness (QED) is 0.360. The Balaban J connectivity index is 1.46. The van der Waals surface area contributed by atoms with Gasteiger partial charge in [0.1, 0.15) is 18.4 Å². The molecule has 1 aliphatic heterocycles. The number of thioether (sulfide) groups is 1. The number of ether oxygens (including phenoxy) is 1. The van der Waals surface area contributed by atoms with Crippen molar-refractivity contribution in [2.75, 3.05) is 22.4 Å². The van der Waals surface area contributed by atoms with Crippen molar-refractivity contribution in [1.29, 1.82) is 0 Å². The molecule has 0 aliphatic carbocycles. The van der Waals surface area contributed by atoms with Crippen LogP contribution in [0, 0.1) is 6.92 Å². The van der Waals surface area contributed by atoms with Gasteiger partial charge in [0, 0.05) is 11.5 Å². The van der Waals surface area contributed by atoms with Crippen LogP contribution in [-0.4, -0.2) is 44.7 Å². The van der Waals surface area contributed by atoms with Crippen LogP contribution in [0.4, 0.5) is 5.69 Å². The van der Waals surface area contributed by atoms with Crippen LogP contribution in [0.1, 0.15) is 11.1 Å². The molecule has 7 nitrogen and oxygen atoms in total. The van der Waals surface area contributed by atoms with Crippen LogP contribution in [0.15, 0.2) is 88.9 Å². The van der Waals surface area contributed by atoms with E-state index in [0.717, 1.165) is 32.7 Å². The zero-order chi connectivity index (χ0) is 24.0. The third-order valence-corrected chi connectivity index (χ3v) is 8.11. The number of nitrogens with zero attached hydrogens (tertiary/aromatic N) is 2. The van der Waals surface area contributed by atoms with Crippen LogP contribution in [0.3, 0.4) is 0 Å². The van der Waals surface area contributed by atoms with E-state index in [1.165, 1.54) is 18.3 Å².